The molecule has 2 N–H and O–H groups in total. The van der Waals surface area contributed by atoms with Crippen LogP contribution in [0.4, 0.5) is 0 Å². The van der Waals surface area contributed by atoms with E-state index < -0.39 is 11.5 Å². The molecule has 4 heteroatoms. The minimum atomic E-state index is -1.76. The van der Waals surface area contributed by atoms with Gasteiger partial charge in [-0.05, 0) is 28.8 Å². The van der Waals surface area contributed by atoms with Gasteiger partial charge >= 0.3 is 0 Å². The van der Waals surface area contributed by atoms with Crippen molar-refractivity contribution in [1.82, 2.24) is 5.32 Å². The molecular formula is C21H18ClNO2. The van der Waals surface area contributed by atoms with Gasteiger partial charge in [-0.1, -0.05) is 84.4 Å². The van der Waals surface area contributed by atoms with Crippen LogP contribution in [0, 0.1) is 0 Å². The SMILES string of the molecule is O=C(NCc1ccc(Cl)cc1)C(O)(c1ccccc1)c1ccccc1. The normalized spacial score (nSPS) is 11.1. The summed E-state index contributed by atoms with van der Waals surface area (Å²) in [6, 6.07) is 25.1. The Kier molecular flexibility index (Phi) is 5.17. The van der Waals surface area contributed by atoms with Crippen molar-refractivity contribution in [3.63, 3.8) is 0 Å². The molecule has 0 bridgehead atoms. The molecule has 0 aliphatic heterocycles. The highest BCUT2D eigenvalue weighted by Gasteiger charge is 2.39. The van der Waals surface area contributed by atoms with Gasteiger partial charge in [0.25, 0.3) is 5.91 Å². The van der Waals surface area contributed by atoms with Crippen LogP contribution < -0.4 is 5.32 Å². The van der Waals surface area contributed by atoms with Gasteiger partial charge in [-0.3, -0.25) is 4.79 Å². The first-order valence-electron chi connectivity index (χ1n) is 7.97. The molecule has 0 spiro atoms. The maximum atomic E-state index is 12.9. The summed E-state index contributed by atoms with van der Waals surface area (Å²) < 4.78 is 0. The molecule has 0 aliphatic carbocycles. The zero-order valence-electron chi connectivity index (χ0n) is 13.5. The van der Waals surface area contributed by atoms with Crippen LogP contribution in [0.3, 0.4) is 0 Å². The lowest BCUT2D eigenvalue weighted by Gasteiger charge is -2.28. The summed E-state index contributed by atoms with van der Waals surface area (Å²) in [6.07, 6.45) is 0. The number of carbonyl (C=O) groups excluding carboxylic acids is 1. The van der Waals surface area contributed by atoms with Gasteiger partial charge in [-0.2, -0.15) is 0 Å². The van der Waals surface area contributed by atoms with Crippen LogP contribution in [0.2, 0.25) is 5.02 Å². The molecular weight excluding hydrogens is 334 g/mol. The van der Waals surface area contributed by atoms with E-state index in [1.807, 2.05) is 24.3 Å². The highest BCUT2D eigenvalue weighted by atomic mass is 35.5. The standard InChI is InChI=1S/C21H18ClNO2/c22-19-13-11-16(12-14-19)15-23-20(24)21(25,17-7-3-1-4-8-17)18-9-5-2-6-10-18/h1-14,25H,15H2,(H,23,24). The second-order valence-electron chi connectivity index (χ2n) is 5.75. The van der Waals surface area contributed by atoms with E-state index in [1.165, 1.54) is 0 Å². The maximum absolute atomic E-state index is 12.9. The van der Waals surface area contributed by atoms with Crippen molar-refractivity contribution in [2.75, 3.05) is 0 Å². The van der Waals surface area contributed by atoms with Crippen LogP contribution >= 0.6 is 11.6 Å². The topological polar surface area (TPSA) is 49.3 Å². The Bertz CT molecular complexity index is 793. The van der Waals surface area contributed by atoms with E-state index in [4.69, 9.17) is 11.6 Å². The summed E-state index contributed by atoms with van der Waals surface area (Å²) in [5.74, 6) is -0.472. The average molecular weight is 352 g/mol. The van der Waals surface area contributed by atoms with Crippen LogP contribution in [0.5, 0.6) is 0 Å². The molecule has 0 unspecified atom stereocenters. The molecule has 3 rings (SSSR count). The van der Waals surface area contributed by atoms with Gasteiger partial charge in [-0.25, -0.2) is 0 Å². The van der Waals surface area contributed by atoms with Crippen molar-refractivity contribution in [3.05, 3.63) is 107 Å². The number of hydrogen-bond acceptors (Lipinski definition) is 2. The Hall–Kier alpha value is -2.62. The van der Waals surface area contributed by atoms with Gasteiger partial charge in [0.1, 0.15) is 0 Å². The molecule has 3 aromatic carbocycles. The summed E-state index contributed by atoms with van der Waals surface area (Å²) in [4.78, 5) is 12.9. The molecule has 126 valence electrons. The van der Waals surface area contributed by atoms with E-state index in [0.717, 1.165) is 5.56 Å². The average Bonchev–Trinajstić information content (AvgIpc) is 2.68. The third kappa shape index (κ3) is 3.73. The van der Waals surface area contributed by atoms with Gasteiger partial charge in [-0.15, -0.1) is 0 Å². The lowest BCUT2D eigenvalue weighted by molar-refractivity contribution is -0.136. The Balaban J connectivity index is 1.89. The molecule has 0 aliphatic rings. The van der Waals surface area contributed by atoms with E-state index >= 15 is 0 Å². The largest absolute Gasteiger partial charge is 0.372 e. The third-order valence-corrected chi connectivity index (χ3v) is 4.33. The fraction of sp³-hybridized carbons (Fsp3) is 0.0952. The summed E-state index contributed by atoms with van der Waals surface area (Å²) in [5, 5.41) is 14.8. The number of amides is 1. The van der Waals surface area contributed by atoms with Crippen LogP contribution in [0.25, 0.3) is 0 Å². The first kappa shape index (κ1) is 17.2. The first-order valence-corrected chi connectivity index (χ1v) is 8.34. The van der Waals surface area contributed by atoms with E-state index in [0.29, 0.717) is 22.7 Å². The zero-order valence-corrected chi connectivity index (χ0v) is 14.3. The van der Waals surface area contributed by atoms with E-state index in [1.54, 1.807) is 60.7 Å². The van der Waals surface area contributed by atoms with Gasteiger partial charge in [0, 0.05) is 11.6 Å². The van der Waals surface area contributed by atoms with E-state index in [-0.39, 0.29) is 0 Å². The fourth-order valence-corrected chi connectivity index (χ4v) is 2.83. The highest BCUT2D eigenvalue weighted by molar-refractivity contribution is 6.30. The lowest BCUT2D eigenvalue weighted by Crippen LogP contribution is -2.45. The Morgan fingerprint density at radius 3 is 1.80 bits per heavy atom. The smallest absolute Gasteiger partial charge is 0.261 e. The number of rotatable bonds is 5. The Labute approximate surface area is 151 Å². The fourth-order valence-electron chi connectivity index (χ4n) is 2.70. The number of benzene rings is 3. The summed E-state index contributed by atoms with van der Waals surface area (Å²) in [7, 11) is 0. The van der Waals surface area contributed by atoms with Gasteiger partial charge in [0.05, 0.1) is 0 Å². The molecule has 0 aromatic heterocycles. The van der Waals surface area contributed by atoms with Gasteiger partial charge < -0.3 is 10.4 Å². The highest BCUT2D eigenvalue weighted by Crippen LogP contribution is 2.30. The first-order chi connectivity index (χ1) is 12.1. The summed E-state index contributed by atoms with van der Waals surface area (Å²) in [6.45, 7) is 0.304. The van der Waals surface area contributed by atoms with Crippen LogP contribution in [-0.4, -0.2) is 11.0 Å². The van der Waals surface area contributed by atoms with Crippen molar-refractivity contribution in [3.8, 4) is 0 Å². The van der Waals surface area contributed by atoms with Crippen molar-refractivity contribution in [2.45, 2.75) is 12.1 Å². The molecule has 0 radical (unpaired) electrons. The zero-order chi connectivity index (χ0) is 17.7. The van der Waals surface area contributed by atoms with Crippen LogP contribution in [0.1, 0.15) is 16.7 Å². The molecule has 0 atom stereocenters. The molecule has 0 heterocycles. The Morgan fingerprint density at radius 1 is 0.840 bits per heavy atom. The van der Waals surface area contributed by atoms with E-state index in [9.17, 15) is 9.90 Å². The monoisotopic (exact) mass is 351 g/mol. The molecule has 1 amide bonds. The molecule has 3 nitrogen and oxygen atoms in total. The minimum Gasteiger partial charge on any atom is -0.372 e. The maximum Gasteiger partial charge on any atom is 0.261 e. The molecule has 0 saturated carbocycles. The van der Waals surface area contributed by atoms with Crippen LogP contribution in [0.15, 0.2) is 84.9 Å². The summed E-state index contributed by atoms with van der Waals surface area (Å²) >= 11 is 5.88. The molecule has 0 saturated heterocycles. The number of hydrogen-bond donors (Lipinski definition) is 2. The van der Waals surface area contributed by atoms with Crippen molar-refractivity contribution in [2.24, 2.45) is 0 Å². The van der Waals surface area contributed by atoms with E-state index in [2.05, 4.69) is 5.32 Å². The lowest BCUT2D eigenvalue weighted by atomic mass is 9.85. The molecule has 3 aromatic rings. The predicted octanol–water partition coefficient (Wildman–Crippen LogP) is 3.89. The Morgan fingerprint density at radius 2 is 1.32 bits per heavy atom. The molecule has 25 heavy (non-hydrogen) atoms. The predicted molar refractivity (Wildman–Crippen MR) is 99.2 cm³/mol. The second-order valence-corrected chi connectivity index (χ2v) is 6.19. The minimum absolute atomic E-state index is 0.304. The van der Waals surface area contributed by atoms with Crippen molar-refractivity contribution in [1.29, 1.82) is 0 Å². The molecule has 0 fully saturated rings. The second kappa shape index (κ2) is 7.51. The van der Waals surface area contributed by atoms with Crippen LogP contribution in [-0.2, 0) is 16.9 Å². The number of nitrogens with one attached hydrogen (secondary N) is 1. The summed E-state index contributed by atoms with van der Waals surface area (Å²) in [5.41, 5.74) is 0.195. The number of aliphatic hydroxyl groups is 1. The third-order valence-electron chi connectivity index (χ3n) is 4.08. The quantitative estimate of drug-likeness (QED) is 0.732. The van der Waals surface area contributed by atoms with Gasteiger partial charge in [0.15, 0.2) is 5.60 Å². The van der Waals surface area contributed by atoms with Crippen molar-refractivity contribution < 1.29 is 9.90 Å². The van der Waals surface area contributed by atoms with Gasteiger partial charge in [0.2, 0.25) is 0 Å². The van der Waals surface area contributed by atoms with Crippen molar-refractivity contribution >= 4 is 17.5 Å². The number of halogens is 1. The number of carbonyl (C=O) groups is 1.